The molecule has 3 atom stereocenters. The van der Waals surface area contributed by atoms with Gasteiger partial charge in [0.05, 0.1) is 31.5 Å². The highest BCUT2D eigenvalue weighted by molar-refractivity contribution is 4.76. The number of rotatable bonds is 6. The molecule has 2 saturated heterocycles. The Morgan fingerprint density at radius 2 is 2.06 bits per heavy atom. The second-order valence-corrected chi connectivity index (χ2v) is 5.34. The van der Waals surface area contributed by atoms with Gasteiger partial charge < -0.3 is 19.5 Å². The molecule has 17 heavy (non-hydrogen) atoms. The lowest BCUT2D eigenvalue weighted by Gasteiger charge is -2.17. The van der Waals surface area contributed by atoms with Gasteiger partial charge in [0.1, 0.15) is 0 Å². The van der Waals surface area contributed by atoms with E-state index in [1.807, 2.05) is 0 Å². The normalized spacial score (nSPS) is 33.7. The molecule has 2 rings (SSSR count). The monoisotopic (exact) mass is 243 g/mol. The van der Waals surface area contributed by atoms with Crippen LogP contribution in [0.1, 0.15) is 33.1 Å². The summed E-state index contributed by atoms with van der Waals surface area (Å²) < 4.78 is 17.0. The minimum Gasteiger partial charge on any atom is -0.379 e. The van der Waals surface area contributed by atoms with E-state index in [4.69, 9.17) is 14.2 Å². The molecule has 4 nitrogen and oxygen atoms in total. The summed E-state index contributed by atoms with van der Waals surface area (Å²) in [5.74, 6) is 0. The third-order valence-corrected chi connectivity index (χ3v) is 3.36. The van der Waals surface area contributed by atoms with Crippen molar-refractivity contribution in [2.45, 2.75) is 57.5 Å². The van der Waals surface area contributed by atoms with Gasteiger partial charge in [0.2, 0.25) is 0 Å². The van der Waals surface area contributed by atoms with Crippen LogP contribution in [0.15, 0.2) is 0 Å². The molecule has 100 valence electrons. The molecule has 0 spiro atoms. The Balaban J connectivity index is 1.57. The Morgan fingerprint density at radius 3 is 2.76 bits per heavy atom. The van der Waals surface area contributed by atoms with Gasteiger partial charge in [-0.05, 0) is 19.3 Å². The predicted molar refractivity (Wildman–Crippen MR) is 66.2 cm³/mol. The molecule has 0 amide bonds. The lowest BCUT2D eigenvalue weighted by atomic mass is 10.2. The molecule has 4 heteroatoms. The van der Waals surface area contributed by atoms with E-state index in [9.17, 15) is 0 Å². The number of hydrogen-bond acceptors (Lipinski definition) is 4. The van der Waals surface area contributed by atoms with Crippen molar-refractivity contribution in [2.75, 3.05) is 26.4 Å². The number of ether oxygens (including phenoxy) is 3. The van der Waals surface area contributed by atoms with Crippen molar-refractivity contribution in [1.82, 2.24) is 5.32 Å². The van der Waals surface area contributed by atoms with Crippen molar-refractivity contribution in [3.8, 4) is 0 Å². The van der Waals surface area contributed by atoms with E-state index in [0.717, 1.165) is 45.6 Å². The van der Waals surface area contributed by atoms with E-state index >= 15 is 0 Å². The molecule has 0 aromatic rings. The van der Waals surface area contributed by atoms with Gasteiger partial charge in [-0.1, -0.05) is 13.8 Å². The smallest absolute Gasteiger partial charge is 0.0831 e. The Kier molecular flexibility index (Phi) is 5.22. The SMILES string of the molecule is CC(C)NCC1CCC(COC2CCOC2)O1. The minimum atomic E-state index is 0.287. The molecule has 0 aromatic heterocycles. The maximum atomic E-state index is 5.94. The van der Waals surface area contributed by atoms with Gasteiger partial charge in [0.15, 0.2) is 0 Å². The first kappa shape index (κ1) is 13.3. The van der Waals surface area contributed by atoms with E-state index in [1.54, 1.807) is 0 Å². The molecule has 0 saturated carbocycles. The fourth-order valence-corrected chi connectivity index (χ4v) is 2.31. The van der Waals surface area contributed by atoms with Crippen molar-refractivity contribution < 1.29 is 14.2 Å². The van der Waals surface area contributed by atoms with Gasteiger partial charge in [-0.25, -0.2) is 0 Å². The maximum absolute atomic E-state index is 5.94. The van der Waals surface area contributed by atoms with Crippen LogP contribution in [-0.2, 0) is 14.2 Å². The molecule has 2 aliphatic heterocycles. The molecule has 2 aliphatic rings. The molecule has 1 N–H and O–H groups in total. The Hall–Kier alpha value is -0.160. The van der Waals surface area contributed by atoms with Gasteiger partial charge in [0.25, 0.3) is 0 Å². The van der Waals surface area contributed by atoms with Crippen molar-refractivity contribution in [3.05, 3.63) is 0 Å². The molecular formula is C13H25NO3. The van der Waals surface area contributed by atoms with Gasteiger partial charge in [-0.3, -0.25) is 0 Å². The van der Waals surface area contributed by atoms with Crippen molar-refractivity contribution in [3.63, 3.8) is 0 Å². The van der Waals surface area contributed by atoms with E-state index in [1.165, 1.54) is 0 Å². The van der Waals surface area contributed by atoms with Crippen molar-refractivity contribution in [1.29, 1.82) is 0 Å². The van der Waals surface area contributed by atoms with Crippen molar-refractivity contribution >= 4 is 0 Å². The third-order valence-electron chi connectivity index (χ3n) is 3.36. The average Bonchev–Trinajstić information content (AvgIpc) is 2.95. The average molecular weight is 243 g/mol. The largest absolute Gasteiger partial charge is 0.379 e. The van der Waals surface area contributed by atoms with Crippen molar-refractivity contribution in [2.24, 2.45) is 0 Å². The molecule has 3 unspecified atom stereocenters. The van der Waals surface area contributed by atoms with Crippen LogP contribution in [0.3, 0.4) is 0 Å². The molecule has 2 fully saturated rings. The Labute approximate surface area is 104 Å². The summed E-state index contributed by atoms with van der Waals surface area (Å²) in [5, 5.41) is 3.42. The quantitative estimate of drug-likeness (QED) is 0.764. The summed E-state index contributed by atoms with van der Waals surface area (Å²) in [7, 11) is 0. The molecule has 0 aliphatic carbocycles. The summed E-state index contributed by atoms with van der Waals surface area (Å²) in [6.45, 7) is 7.61. The van der Waals surface area contributed by atoms with Gasteiger partial charge in [-0.15, -0.1) is 0 Å². The highest BCUT2D eigenvalue weighted by atomic mass is 16.6. The summed E-state index contributed by atoms with van der Waals surface area (Å²) in [5.41, 5.74) is 0. The highest BCUT2D eigenvalue weighted by Gasteiger charge is 2.26. The number of hydrogen-bond donors (Lipinski definition) is 1. The highest BCUT2D eigenvalue weighted by Crippen LogP contribution is 2.20. The topological polar surface area (TPSA) is 39.7 Å². The lowest BCUT2D eigenvalue weighted by molar-refractivity contribution is -0.0421. The molecule has 0 bridgehead atoms. The van der Waals surface area contributed by atoms with Crippen LogP contribution in [0, 0.1) is 0 Å². The van der Waals surface area contributed by atoms with Crippen LogP contribution in [0.2, 0.25) is 0 Å². The summed E-state index contributed by atoms with van der Waals surface area (Å²) in [6, 6.07) is 0.532. The van der Waals surface area contributed by atoms with E-state index in [2.05, 4.69) is 19.2 Å². The van der Waals surface area contributed by atoms with Gasteiger partial charge >= 0.3 is 0 Å². The Bertz CT molecular complexity index is 217. The molecule has 0 radical (unpaired) electrons. The Morgan fingerprint density at radius 1 is 1.24 bits per heavy atom. The van der Waals surface area contributed by atoms with Crippen LogP contribution >= 0.6 is 0 Å². The lowest BCUT2D eigenvalue weighted by Crippen LogP contribution is -2.32. The third kappa shape index (κ3) is 4.54. The standard InChI is InChI=1S/C13H25NO3/c1-10(2)14-7-11-3-4-13(17-11)9-16-12-5-6-15-8-12/h10-14H,3-9H2,1-2H3. The van der Waals surface area contributed by atoms with Crippen LogP contribution in [-0.4, -0.2) is 50.7 Å². The van der Waals surface area contributed by atoms with Crippen LogP contribution in [0.25, 0.3) is 0 Å². The first-order chi connectivity index (χ1) is 8.24. The summed E-state index contributed by atoms with van der Waals surface area (Å²) in [4.78, 5) is 0. The van der Waals surface area contributed by atoms with Crippen LogP contribution < -0.4 is 5.32 Å². The van der Waals surface area contributed by atoms with E-state index < -0.39 is 0 Å². The summed E-state index contributed by atoms with van der Waals surface area (Å²) in [6.07, 6.45) is 4.25. The van der Waals surface area contributed by atoms with E-state index in [-0.39, 0.29) is 6.10 Å². The number of nitrogens with one attached hydrogen (secondary N) is 1. The first-order valence-corrected chi connectivity index (χ1v) is 6.82. The predicted octanol–water partition coefficient (Wildman–Crippen LogP) is 1.34. The minimum absolute atomic E-state index is 0.287. The zero-order valence-electron chi connectivity index (χ0n) is 11.0. The second kappa shape index (κ2) is 6.69. The first-order valence-electron chi connectivity index (χ1n) is 6.82. The summed E-state index contributed by atoms with van der Waals surface area (Å²) >= 11 is 0. The van der Waals surface area contributed by atoms with Gasteiger partial charge in [0, 0.05) is 19.2 Å². The van der Waals surface area contributed by atoms with Crippen LogP contribution in [0.4, 0.5) is 0 Å². The van der Waals surface area contributed by atoms with Crippen LogP contribution in [0.5, 0.6) is 0 Å². The van der Waals surface area contributed by atoms with E-state index in [0.29, 0.717) is 18.2 Å². The second-order valence-electron chi connectivity index (χ2n) is 5.34. The van der Waals surface area contributed by atoms with Gasteiger partial charge in [-0.2, -0.15) is 0 Å². The molecule has 0 aromatic carbocycles. The fourth-order valence-electron chi connectivity index (χ4n) is 2.31. The molecule has 2 heterocycles. The molecular weight excluding hydrogens is 218 g/mol. The zero-order valence-corrected chi connectivity index (χ0v) is 11.0. The maximum Gasteiger partial charge on any atom is 0.0831 e. The fraction of sp³-hybridized carbons (Fsp3) is 1.00. The zero-order chi connectivity index (χ0) is 12.1.